The van der Waals surface area contributed by atoms with Crippen molar-refractivity contribution < 1.29 is 18.8 Å². The van der Waals surface area contributed by atoms with Gasteiger partial charge in [0.15, 0.2) is 0 Å². The number of carbonyl (C=O) groups excluding carboxylic acids is 1. The van der Waals surface area contributed by atoms with Gasteiger partial charge in [0.05, 0.1) is 22.4 Å². The maximum Gasteiger partial charge on any atom is 0.496 e. The number of aromatic nitrogens is 1. The molecule has 4 rings (SSSR count). The van der Waals surface area contributed by atoms with E-state index in [4.69, 9.17) is 14.0 Å². The van der Waals surface area contributed by atoms with E-state index in [9.17, 15) is 4.79 Å². The Kier molecular flexibility index (Phi) is 4.91. The first-order chi connectivity index (χ1) is 13.7. The number of benzene rings is 1. The molecule has 1 aliphatic heterocycles. The Labute approximate surface area is 172 Å². The van der Waals surface area contributed by atoms with Crippen molar-refractivity contribution in [2.45, 2.75) is 63.9 Å². The molecule has 0 atom stereocenters. The third-order valence-corrected chi connectivity index (χ3v) is 6.11. The number of alkyl carbamates (subject to hydrolysis) is 1. The SMILES string of the molecule is CC1(C)OB(c2ccc(C3(NC(=O)OCc4ccccc4)CC3)nc2)OC1(C)C. The van der Waals surface area contributed by atoms with Crippen LogP contribution in [-0.4, -0.2) is 29.4 Å². The van der Waals surface area contributed by atoms with Crippen LogP contribution in [0.4, 0.5) is 4.79 Å². The highest BCUT2D eigenvalue weighted by molar-refractivity contribution is 6.62. The van der Waals surface area contributed by atoms with E-state index in [0.29, 0.717) is 0 Å². The number of rotatable bonds is 5. The third-order valence-electron chi connectivity index (χ3n) is 6.11. The van der Waals surface area contributed by atoms with Gasteiger partial charge in [0.2, 0.25) is 0 Å². The molecule has 7 heteroatoms. The van der Waals surface area contributed by atoms with E-state index >= 15 is 0 Å². The minimum Gasteiger partial charge on any atom is -0.445 e. The predicted molar refractivity (Wildman–Crippen MR) is 111 cm³/mol. The summed E-state index contributed by atoms with van der Waals surface area (Å²) in [6, 6.07) is 13.5. The molecular formula is C22H27BN2O4. The molecule has 1 aliphatic carbocycles. The summed E-state index contributed by atoms with van der Waals surface area (Å²) in [6.07, 6.45) is 3.03. The fourth-order valence-corrected chi connectivity index (χ4v) is 3.33. The van der Waals surface area contributed by atoms with Crippen molar-refractivity contribution in [3.05, 3.63) is 59.9 Å². The van der Waals surface area contributed by atoms with Crippen LogP contribution in [0, 0.1) is 0 Å². The second kappa shape index (κ2) is 7.15. The summed E-state index contributed by atoms with van der Waals surface area (Å²) in [6.45, 7) is 8.35. The first kappa shape index (κ1) is 19.9. The van der Waals surface area contributed by atoms with Crippen LogP contribution in [0.25, 0.3) is 0 Å². The van der Waals surface area contributed by atoms with E-state index in [2.05, 4.69) is 10.3 Å². The van der Waals surface area contributed by atoms with Gasteiger partial charge in [0.1, 0.15) is 6.61 Å². The molecule has 0 unspecified atom stereocenters. The van der Waals surface area contributed by atoms with E-state index < -0.39 is 30.0 Å². The Morgan fingerprint density at radius 3 is 2.28 bits per heavy atom. The maximum atomic E-state index is 12.3. The van der Waals surface area contributed by atoms with E-state index in [1.165, 1.54) is 0 Å². The van der Waals surface area contributed by atoms with Crippen LogP contribution in [0.3, 0.4) is 0 Å². The summed E-state index contributed by atoms with van der Waals surface area (Å²) in [5, 5.41) is 2.98. The van der Waals surface area contributed by atoms with Crippen molar-refractivity contribution in [2.75, 3.05) is 0 Å². The third kappa shape index (κ3) is 4.02. The average molecular weight is 394 g/mol. The molecule has 152 valence electrons. The van der Waals surface area contributed by atoms with E-state index in [1.54, 1.807) is 6.20 Å². The summed E-state index contributed by atoms with van der Waals surface area (Å²) in [5.41, 5.74) is 1.43. The van der Waals surface area contributed by atoms with Crippen molar-refractivity contribution in [1.29, 1.82) is 0 Å². The van der Waals surface area contributed by atoms with Crippen molar-refractivity contribution in [3.8, 4) is 0 Å². The standard InChI is InChI=1S/C22H27BN2O4/c1-20(2)21(3,4)29-23(28-20)17-10-11-18(24-14-17)22(12-13-22)25-19(26)27-15-16-8-6-5-7-9-16/h5-11,14H,12-13,15H2,1-4H3,(H,25,26). The molecule has 2 fully saturated rings. The minimum absolute atomic E-state index is 0.247. The molecule has 1 N–H and O–H groups in total. The van der Waals surface area contributed by atoms with Gasteiger partial charge < -0.3 is 19.4 Å². The highest BCUT2D eigenvalue weighted by Gasteiger charge is 2.52. The molecule has 29 heavy (non-hydrogen) atoms. The van der Waals surface area contributed by atoms with Gasteiger partial charge in [-0.1, -0.05) is 36.4 Å². The molecular weight excluding hydrogens is 367 g/mol. The number of pyridine rings is 1. The highest BCUT2D eigenvalue weighted by atomic mass is 16.7. The number of hydrogen-bond acceptors (Lipinski definition) is 5. The normalized spacial score (nSPS) is 20.9. The van der Waals surface area contributed by atoms with Crippen LogP contribution >= 0.6 is 0 Å². The van der Waals surface area contributed by atoms with E-state index in [-0.39, 0.29) is 6.61 Å². The number of nitrogens with zero attached hydrogens (tertiary/aromatic N) is 1. The molecule has 1 aromatic carbocycles. The lowest BCUT2D eigenvalue weighted by Crippen LogP contribution is -2.41. The van der Waals surface area contributed by atoms with Gasteiger partial charge in [-0.25, -0.2) is 4.79 Å². The number of carbonyl (C=O) groups is 1. The van der Waals surface area contributed by atoms with Gasteiger partial charge >= 0.3 is 13.2 Å². The van der Waals surface area contributed by atoms with Gasteiger partial charge in [0.25, 0.3) is 0 Å². The fourth-order valence-electron chi connectivity index (χ4n) is 3.33. The van der Waals surface area contributed by atoms with Crippen molar-refractivity contribution >= 4 is 18.7 Å². The molecule has 1 aromatic heterocycles. The summed E-state index contributed by atoms with van der Waals surface area (Å²) in [4.78, 5) is 16.9. The van der Waals surface area contributed by atoms with Crippen LogP contribution in [0.15, 0.2) is 48.7 Å². The molecule has 1 amide bonds. The second-order valence-electron chi connectivity index (χ2n) is 8.83. The zero-order valence-corrected chi connectivity index (χ0v) is 17.4. The second-order valence-corrected chi connectivity index (χ2v) is 8.83. The lowest BCUT2D eigenvalue weighted by molar-refractivity contribution is 0.00578. The largest absolute Gasteiger partial charge is 0.496 e. The average Bonchev–Trinajstić information content (AvgIpc) is 3.42. The monoisotopic (exact) mass is 394 g/mol. The number of ether oxygens (including phenoxy) is 1. The summed E-state index contributed by atoms with van der Waals surface area (Å²) < 4.78 is 17.5. The topological polar surface area (TPSA) is 69.7 Å². The van der Waals surface area contributed by atoms with Crippen LogP contribution < -0.4 is 10.8 Å². The molecule has 2 aliphatic rings. The Balaban J connectivity index is 1.38. The number of amides is 1. The van der Waals surface area contributed by atoms with Gasteiger partial charge in [0, 0.05) is 11.7 Å². The van der Waals surface area contributed by atoms with Gasteiger partial charge in [-0.15, -0.1) is 0 Å². The fraction of sp³-hybridized carbons (Fsp3) is 0.455. The quantitative estimate of drug-likeness (QED) is 0.789. The lowest BCUT2D eigenvalue weighted by Gasteiger charge is -2.32. The van der Waals surface area contributed by atoms with Crippen molar-refractivity contribution in [2.24, 2.45) is 0 Å². The Morgan fingerprint density at radius 1 is 1.07 bits per heavy atom. The molecule has 2 heterocycles. The van der Waals surface area contributed by atoms with Gasteiger partial charge in [-0.3, -0.25) is 4.98 Å². The molecule has 2 aromatic rings. The Hall–Kier alpha value is -2.38. The molecule has 1 saturated heterocycles. The summed E-state index contributed by atoms with van der Waals surface area (Å²) in [5.74, 6) is 0. The smallest absolute Gasteiger partial charge is 0.445 e. The zero-order chi connectivity index (χ0) is 20.7. The number of nitrogens with one attached hydrogen (secondary N) is 1. The van der Waals surface area contributed by atoms with Gasteiger partial charge in [-0.2, -0.15) is 0 Å². The molecule has 0 bridgehead atoms. The van der Waals surface area contributed by atoms with E-state index in [0.717, 1.165) is 29.6 Å². The van der Waals surface area contributed by atoms with Crippen molar-refractivity contribution in [1.82, 2.24) is 10.3 Å². The summed E-state index contributed by atoms with van der Waals surface area (Å²) >= 11 is 0. The van der Waals surface area contributed by atoms with Crippen LogP contribution in [0.2, 0.25) is 0 Å². The molecule has 1 saturated carbocycles. The molecule has 6 nitrogen and oxygen atoms in total. The van der Waals surface area contributed by atoms with E-state index in [1.807, 2.05) is 70.2 Å². The van der Waals surface area contributed by atoms with Gasteiger partial charge in [-0.05, 0) is 52.2 Å². The van der Waals surface area contributed by atoms with Crippen LogP contribution in [0.5, 0.6) is 0 Å². The Bertz CT molecular complexity index is 863. The van der Waals surface area contributed by atoms with Crippen LogP contribution in [0.1, 0.15) is 51.8 Å². The van der Waals surface area contributed by atoms with Crippen LogP contribution in [-0.2, 0) is 26.2 Å². The predicted octanol–water partition coefficient (Wildman–Crippen LogP) is 3.30. The zero-order valence-electron chi connectivity index (χ0n) is 17.4. The highest BCUT2D eigenvalue weighted by Crippen LogP contribution is 2.44. The summed E-state index contributed by atoms with van der Waals surface area (Å²) in [7, 11) is -0.444. The lowest BCUT2D eigenvalue weighted by atomic mass is 9.80. The molecule has 0 radical (unpaired) electrons. The first-order valence-corrected chi connectivity index (χ1v) is 10.0. The Morgan fingerprint density at radius 2 is 1.72 bits per heavy atom. The maximum absolute atomic E-state index is 12.3. The first-order valence-electron chi connectivity index (χ1n) is 10.0. The molecule has 0 spiro atoms. The number of hydrogen-bond donors (Lipinski definition) is 1. The minimum atomic E-state index is -0.444. The van der Waals surface area contributed by atoms with Crippen molar-refractivity contribution in [3.63, 3.8) is 0 Å².